The molecule has 2 N–H and O–H groups in total. The standard InChI is InChI=1S/C9H14N6O2S2/c1-4-6-7(18-14-11-6)8-12-13-9(19(10,16)17)15(8)5(2)3/h5H,4H2,1-3H3,(H2,10,16,17). The summed E-state index contributed by atoms with van der Waals surface area (Å²) in [5.74, 6) is 0.436. The van der Waals surface area contributed by atoms with E-state index in [9.17, 15) is 8.42 Å². The second-order valence-electron chi connectivity index (χ2n) is 4.22. The number of rotatable bonds is 4. The predicted octanol–water partition coefficient (Wildman–Crippen LogP) is 0.587. The van der Waals surface area contributed by atoms with E-state index in [1.807, 2.05) is 20.8 Å². The van der Waals surface area contributed by atoms with Gasteiger partial charge in [-0.2, -0.15) is 0 Å². The van der Waals surface area contributed by atoms with E-state index in [0.29, 0.717) is 12.2 Å². The lowest BCUT2D eigenvalue weighted by molar-refractivity contribution is 0.524. The molecular formula is C9H14N6O2S2. The third-order valence-corrected chi connectivity index (χ3v) is 4.08. The SMILES string of the molecule is CCc1nnsc1-c1nnc(S(N)(=O)=O)n1C(C)C. The van der Waals surface area contributed by atoms with Crippen molar-refractivity contribution in [2.45, 2.75) is 38.4 Å². The van der Waals surface area contributed by atoms with Crippen LogP contribution in [0.3, 0.4) is 0 Å². The number of nitrogens with two attached hydrogens (primary N) is 1. The van der Waals surface area contributed by atoms with Crippen LogP contribution >= 0.6 is 11.5 Å². The number of sulfonamides is 1. The minimum Gasteiger partial charge on any atom is -0.293 e. The topological polar surface area (TPSA) is 117 Å². The molecule has 0 aliphatic rings. The Balaban J connectivity index is 2.69. The van der Waals surface area contributed by atoms with E-state index < -0.39 is 10.0 Å². The Morgan fingerprint density at radius 2 is 2.00 bits per heavy atom. The first-order chi connectivity index (χ1) is 8.86. The molecule has 0 saturated heterocycles. The zero-order valence-corrected chi connectivity index (χ0v) is 12.4. The Morgan fingerprint density at radius 1 is 1.32 bits per heavy atom. The number of hydrogen-bond donors (Lipinski definition) is 1. The van der Waals surface area contributed by atoms with Gasteiger partial charge in [0.15, 0.2) is 5.82 Å². The van der Waals surface area contributed by atoms with Gasteiger partial charge >= 0.3 is 0 Å². The molecule has 2 heterocycles. The van der Waals surface area contributed by atoms with E-state index in [4.69, 9.17) is 5.14 Å². The molecule has 0 fully saturated rings. The lowest BCUT2D eigenvalue weighted by Crippen LogP contribution is -2.20. The first-order valence-corrected chi connectivity index (χ1v) is 7.97. The van der Waals surface area contributed by atoms with Crippen LogP contribution in [0.2, 0.25) is 0 Å². The van der Waals surface area contributed by atoms with Crippen LogP contribution in [0.5, 0.6) is 0 Å². The molecule has 0 unspecified atom stereocenters. The fourth-order valence-corrected chi connectivity index (χ4v) is 3.16. The largest absolute Gasteiger partial charge is 0.293 e. The van der Waals surface area contributed by atoms with Crippen molar-refractivity contribution >= 4 is 21.6 Å². The van der Waals surface area contributed by atoms with Crippen LogP contribution in [0.15, 0.2) is 5.16 Å². The molecule has 0 saturated carbocycles. The third-order valence-electron chi connectivity index (χ3n) is 2.53. The average Bonchev–Trinajstić information content (AvgIpc) is 2.93. The van der Waals surface area contributed by atoms with Crippen LogP contribution in [0.1, 0.15) is 32.5 Å². The molecule has 2 aromatic rings. The van der Waals surface area contributed by atoms with Gasteiger partial charge in [0, 0.05) is 6.04 Å². The zero-order valence-electron chi connectivity index (χ0n) is 10.7. The first-order valence-electron chi connectivity index (χ1n) is 5.65. The van der Waals surface area contributed by atoms with Crippen LogP contribution in [0.4, 0.5) is 0 Å². The molecule has 0 amide bonds. The quantitative estimate of drug-likeness (QED) is 0.883. The summed E-state index contributed by atoms with van der Waals surface area (Å²) in [5.41, 5.74) is 0.764. The lowest BCUT2D eigenvalue weighted by atomic mass is 10.3. The lowest BCUT2D eigenvalue weighted by Gasteiger charge is -2.12. The van der Waals surface area contributed by atoms with Gasteiger partial charge in [-0.3, -0.25) is 4.57 Å². The Labute approximate surface area is 114 Å². The molecule has 0 bridgehead atoms. The second kappa shape index (κ2) is 4.94. The molecule has 19 heavy (non-hydrogen) atoms. The van der Waals surface area contributed by atoms with E-state index in [2.05, 4.69) is 19.8 Å². The second-order valence-corrected chi connectivity index (χ2v) is 6.43. The number of aryl methyl sites for hydroxylation is 1. The van der Waals surface area contributed by atoms with Gasteiger partial charge in [0.2, 0.25) is 0 Å². The highest BCUT2D eigenvalue weighted by molar-refractivity contribution is 7.89. The molecule has 104 valence electrons. The summed E-state index contributed by atoms with van der Waals surface area (Å²) < 4.78 is 28.4. The summed E-state index contributed by atoms with van der Waals surface area (Å²) in [6, 6.07) is -0.148. The summed E-state index contributed by atoms with van der Waals surface area (Å²) in [6.07, 6.45) is 0.682. The first kappa shape index (κ1) is 14.0. The van der Waals surface area contributed by atoms with Crippen molar-refractivity contribution in [3.63, 3.8) is 0 Å². The minimum atomic E-state index is -3.92. The Morgan fingerprint density at radius 3 is 2.53 bits per heavy atom. The van der Waals surface area contributed by atoms with Crippen LogP contribution in [0.25, 0.3) is 10.7 Å². The number of hydrogen-bond acceptors (Lipinski definition) is 7. The van der Waals surface area contributed by atoms with Gasteiger partial charge in [0.1, 0.15) is 4.88 Å². The maximum Gasteiger partial charge on any atom is 0.273 e. The van der Waals surface area contributed by atoms with Crippen LogP contribution in [-0.4, -0.2) is 32.8 Å². The molecule has 2 aromatic heterocycles. The van der Waals surface area contributed by atoms with Crippen LogP contribution in [0, 0.1) is 0 Å². The Bertz CT molecular complexity index is 687. The Kier molecular flexibility index (Phi) is 3.65. The van der Waals surface area contributed by atoms with Gasteiger partial charge in [-0.25, -0.2) is 13.6 Å². The number of nitrogens with zero attached hydrogens (tertiary/aromatic N) is 5. The molecule has 0 aliphatic heterocycles. The zero-order chi connectivity index (χ0) is 14.2. The van der Waals surface area contributed by atoms with E-state index in [1.165, 1.54) is 4.57 Å². The van der Waals surface area contributed by atoms with Gasteiger partial charge in [-0.1, -0.05) is 11.4 Å². The van der Waals surface area contributed by atoms with Crippen molar-refractivity contribution in [3.05, 3.63) is 5.69 Å². The summed E-state index contributed by atoms with van der Waals surface area (Å²) in [5, 5.41) is 16.5. The number of aromatic nitrogens is 5. The van der Waals surface area contributed by atoms with E-state index in [1.54, 1.807) is 0 Å². The predicted molar refractivity (Wildman–Crippen MR) is 70.1 cm³/mol. The molecule has 0 aromatic carbocycles. The summed E-state index contributed by atoms with van der Waals surface area (Å²) in [4.78, 5) is 0.721. The van der Waals surface area contributed by atoms with Crippen molar-refractivity contribution in [1.29, 1.82) is 0 Å². The van der Waals surface area contributed by atoms with Crippen molar-refractivity contribution in [2.75, 3.05) is 0 Å². The molecule has 10 heteroatoms. The van der Waals surface area contributed by atoms with Crippen LogP contribution < -0.4 is 5.14 Å². The molecule has 0 spiro atoms. The molecular weight excluding hydrogens is 288 g/mol. The van der Waals surface area contributed by atoms with Gasteiger partial charge in [-0.05, 0) is 31.8 Å². The smallest absolute Gasteiger partial charge is 0.273 e. The van der Waals surface area contributed by atoms with E-state index in [-0.39, 0.29) is 11.2 Å². The van der Waals surface area contributed by atoms with Crippen molar-refractivity contribution in [1.82, 2.24) is 24.4 Å². The fourth-order valence-electron chi connectivity index (χ4n) is 1.70. The average molecular weight is 302 g/mol. The number of primary sulfonamides is 1. The molecule has 0 aliphatic carbocycles. The summed E-state index contributed by atoms with van der Waals surface area (Å²) in [7, 11) is -3.92. The van der Waals surface area contributed by atoms with E-state index in [0.717, 1.165) is 22.1 Å². The fraction of sp³-hybridized carbons (Fsp3) is 0.556. The monoisotopic (exact) mass is 302 g/mol. The molecule has 0 radical (unpaired) electrons. The molecule has 2 rings (SSSR count). The normalized spacial score (nSPS) is 12.3. The van der Waals surface area contributed by atoms with Gasteiger partial charge in [-0.15, -0.1) is 15.3 Å². The van der Waals surface area contributed by atoms with Crippen LogP contribution in [-0.2, 0) is 16.4 Å². The van der Waals surface area contributed by atoms with E-state index >= 15 is 0 Å². The maximum absolute atomic E-state index is 11.5. The van der Waals surface area contributed by atoms with Gasteiger partial charge in [0.05, 0.1) is 5.69 Å². The Hall–Kier alpha value is -1.39. The van der Waals surface area contributed by atoms with Crippen molar-refractivity contribution in [2.24, 2.45) is 5.14 Å². The van der Waals surface area contributed by atoms with Crippen molar-refractivity contribution in [3.8, 4) is 10.7 Å². The highest BCUT2D eigenvalue weighted by Gasteiger charge is 2.26. The maximum atomic E-state index is 11.5. The van der Waals surface area contributed by atoms with Gasteiger partial charge < -0.3 is 0 Å². The third kappa shape index (κ3) is 2.51. The molecule has 8 nitrogen and oxygen atoms in total. The highest BCUT2D eigenvalue weighted by atomic mass is 32.2. The molecule has 0 atom stereocenters. The minimum absolute atomic E-state index is 0.148. The summed E-state index contributed by atoms with van der Waals surface area (Å²) in [6.45, 7) is 5.61. The van der Waals surface area contributed by atoms with Crippen molar-refractivity contribution < 1.29 is 8.42 Å². The summed E-state index contributed by atoms with van der Waals surface area (Å²) >= 11 is 1.16. The highest BCUT2D eigenvalue weighted by Crippen LogP contribution is 2.28. The van der Waals surface area contributed by atoms with Gasteiger partial charge in [0.25, 0.3) is 15.2 Å².